The summed E-state index contributed by atoms with van der Waals surface area (Å²) in [6, 6.07) is 13.2. The van der Waals surface area contributed by atoms with Gasteiger partial charge in [-0.25, -0.2) is 18.2 Å². The Hall–Kier alpha value is -2.75. The number of aromatic nitrogens is 1. The summed E-state index contributed by atoms with van der Waals surface area (Å²) in [4.78, 5) is 16.6. The highest BCUT2D eigenvalue weighted by atomic mass is 79.9. The van der Waals surface area contributed by atoms with Gasteiger partial charge in [-0.1, -0.05) is 15.9 Å². The number of carbonyl (C=O) groups is 1. The van der Waals surface area contributed by atoms with Crippen molar-refractivity contribution < 1.29 is 22.7 Å². The first-order valence-corrected chi connectivity index (χ1v) is 11.9. The minimum absolute atomic E-state index is 0.0277. The molecule has 1 aliphatic rings. The molecule has 1 N–H and O–H groups in total. The summed E-state index contributed by atoms with van der Waals surface area (Å²) in [7, 11) is -3.67. The van der Waals surface area contributed by atoms with Crippen molar-refractivity contribution >= 4 is 53.8 Å². The Bertz CT molecular complexity index is 1460. The van der Waals surface area contributed by atoms with E-state index in [0.29, 0.717) is 35.6 Å². The van der Waals surface area contributed by atoms with E-state index in [1.54, 1.807) is 12.1 Å². The van der Waals surface area contributed by atoms with Gasteiger partial charge >= 0.3 is 5.97 Å². The van der Waals surface area contributed by atoms with E-state index in [9.17, 15) is 18.3 Å². The monoisotopic (exact) mass is 500 g/mol. The predicted octanol–water partition coefficient (Wildman–Crippen LogP) is 4.89. The molecule has 0 unspecified atom stereocenters. The number of nitrogens with zero attached hydrogens (tertiary/aromatic N) is 2. The largest absolute Gasteiger partial charge is 0.478 e. The molecule has 4 aromatic rings. The number of furan rings is 1. The number of carboxylic acid groups (broad SMARTS) is 1. The molecule has 1 aliphatic heterocycles. The summed E-state index contributed by atoms with van der Waals surface area (Å²) < 4.78 is 34.0. The molecule has 9 heteroatoms. The molecule has 0 spiro atoms. The van der Waals surface area contributed by atoms with E-state index in [1.807, 2.05) is 18.2 Å². The molecule has 1 saturated heterocycles. The third-order valence-corrected chi connectivity index (χ3v) is 7.83. The van der Waals surface area contributed by atoms with Crippen molar-refractivity contribution in [1.82, 2.24) is 9.29 Å². The van der Waals surface area contributed by atoms with E-state index in [0.717, 1.165) is 22.7 Å². The molecule has 2 aromatic heterocycles. The van der Waals surface area contributed by atoms with Gasteiger partial charge < -0.3 is 9.52 Å². The third kappa shape index (κ3) is 3.52. The van der Waals surface area contributed by atoms with Crippen LogP contribution in [-0.2, 0) is 10.0 Å². The SMILES string of the molecule is O=C(O)c1cc(-c2cc3cc(Br)ccc3o2)nc2ccc(S(=O)(=O)N3CCCC3)cc12. The number of pyridine rings is 1. The second kappa shape index (κ2) is 7.44. The van der Waals surface area contributed by atoms with Gasteiger partial charge in [0.2, 0.25) is 10.0 Å². The van der Waals surface area contributed by atoms with Crippen LogP contribution in [0.2, 0.25) is 0 Å². The van der Waals surface area contributed by atoms with Crippen molar-refractivity contribution in [3.05, 3.63) is 58.6 Å². The summed E-state index contributed by atoms with van der Waals surface area (Å²) in [6.45, 7) is 0.955. The average molecular weight is 501 g/mol. The maximum Gasteiger partial charge on any atom is 0.336 e. The van der Waals surface area contributed by atoms with Crippen LogP contribution >= 0.6 is 15.9 Å². The Kier molecular flexibility index (Phi) is 4.84. The molecule has 5 rings (SSSR count). The minimum atomic E-state index is -3.67. The summed E-state index contributed by atoms with van der Waals surface area (Å²) in [5.74, 6) is -0.727. The second-order valence-electron chi connectivity index (χ2n) is 7.44. The predicted molar refractivity (Wildman–Crippen MR) is 120 cm³/mol. The van der Waals surface area contributed by atoms with E-state index in [4.69, 9.17) is 4.42 Å². The number of aromatic carboxylic acids is 1. The Morgan fingerprint density at radius 3 is 2.58 bits per heavy atom. The van der Waals surface area contributed by atoms with E-state index in [-0.39, 0.29) is 15.8 Å². The fourth-order valence-corrected chi connectivity index (χ4v) is 5.81. The van der Waals surface area contributed by atoms with Gasteiger partial charge in [0.25, 0.3) is 0 Å². The smallest absolute Gasteiger partial charge is 0.336 e. The number of benzene rings is 2. The van der Waals surface area contributed by atoms with Gasteiger partial charge in [0.1, 0.15) is 11.3 Å². The molecule has 0 radical (unpaired) electrons. The van der Waals surface area contributed by atoms with Crippen LogP contribution in [0.3, 0.4) is 0 Å². The van der Waals surface area contributed by atoms with Gasteiger partial charge in [-0.15, -0.1) is 0 Å². The topological polar surface area (TPSA) is 101 Å². The number of rotatable bonds is 4. The van der Waals surface area contributed by atoms with Crippen LogP contribution in [0.15, 0.2) is 62.3 Å². The summed E-state index contributed by atoms with van der Waals surface area (Å²) in [5, 5.41) is 10.9. The van der Waals surface area contributed by atoms with Crippen molar-refractivity contribution in [3.8, 4) is 11.5 Å². The lowest BCUT2D eigenvalue weighted by atomic mass is 10.1. The number of sulfonamides is 1. The van der Waals surface area contributed by atoms with Gasteiger partial charge in [-0.2, -0.15) is 4.31 Å². The quantitative estimate of drug-likeness (QED) is 0.427. The molecular weight excluding hydrogens is 484 g/mol. The minimum Gasteiger partial charge on any atom is -0.478 e. The molecule has 1 fully saturated rings. The van der Waals surface area contributed by atoms with Gasteiger partial charge in [0, 0.05) is 28.3 Å². The highest BCUT2D eigenvalue weighted by Gasteiger charge is 2.28. The number of carboxylic acids is 1. The molecule has 0 atom stereocenters. The van der Waals surface area contributed by atoms with Gasteiger partial charge in [-0.3, -0.25) is 0 Å². The lowest BCUT2D eigenvalue weighted by Crippen LogP contribution is -2.27. The van der Waals surface area contributed by atoms with Crippen LogP contribution < -0.4 is 0 Å². The molecule has 0 bridgehead atoms. The zero-order valence-corrected chi connectivity index (χ0v) is 18.6. The standard InChI is InChI=1S/C22H17BrN2O5S/c23-14-3-6-20-13(9-14)10-21(30-20)19-12-17(22(26)27)16-11-15(4-5-18(16)24-19)31(28,29)25-7-1-2-8-25/h3-6,9-12H,1-2,7-8H2,(H,26,27). The van der Waals surface area contributed by atoms with Gasteiger partial charge in [-0.05, 0) is 61.4 Å². The first kappa shape index (κ1) is 20.2. The zero-order valence-electron chi connectivity index (χ0n) is 16.2. The van der Waals surface area contributed by atoms with Crippen molar-refractivity contribution in [3.63, 3.8) is 0 Å². The van der Waals surface area contributed by atoms with Crippen molar-refractivity contribution in [2.75, 3.05) is 13.1 Å². The molecule has 31 heavy (non-hydrogen) atoms. The fourth-order valence-electron chi connectivity index (χ4n) is 3.89. The van der Waals surface area contributed by atoms with E-state index in [2.05, 4.69) is 20.9 Å². The summed E-state index contributed by atoms with van der Waals surface area (Å²) >= 11 is 3.42. The van der Waals surface area contributed by atoms with Crippen molar-refractivity contribution in [1.29, 1.82) is 0 Å². The molecule has 7 nitrogen and oxygen atoms in total. The van der Waals surface area contributed by atoms with Crippen LogP contribution in [0.5, 0.6) is 0 Å². The molecule has 0 saturated carbocycles. The van der Waals surface area contributed by atoms with Crippen LogP contribution in [0.4, 0.5) is 0 Å². The number of hydrogen-bond acceptors (Lipinski definition) is 5. The molecule has 2 aromatic carbocycles. The average Bonchev–Trinajstić information content (AvgIpc) is 3.42. The van der Waals surface area contributed by atoms with Crippen molar-refractivity contribution in [2.24, 2.45) is 0 Å². The molecule has 3 heterocycles. The zero-order chi connectivity index (χ0) is 21.8. The first-order chi connectivity index (χ1) is 14.8. The Morgan fingerprint density at radius 2 is 1.84 bits per heavy atom. The number of halogens is 1. The van der Waals surface area contributed by atoms with Crippen LogP contribution in [-0.4, -0.2) is 41.9 Å². The van der Waals surface area contributed by atoms with Gasteiger partial charge in [0.05, 0.1) is 16.0 Å². The highest BCUT2D eigenvalue weighted by molar-refractivity contribution is 9.10. The van der Waals surface area contributed by atoms with Crippen LogP contribution in [0.1, 0.15) is 23.2 Å². The molecule has 158 valence electrons. The Balaban J connectivity index is 1.66. The van der Waals surface area contributed by atoms with E-state index in [1.165, 1.54) is 22.5 Å². The Morgan fingerprint density at radius 1 is 1.06 bits per heavy atom. The number of hydrogen-bond donors (Lipinski definition) is 1. The fraction of sp³-hybridized carbons (Fsp3) is 0.182. The lowest BCUT2D eigenvalue weighted by Gasteiger charge is -2.16. The Labute approximate surface area is 186 Å². The third-order valence-electron chi connectivity index (χ3n) is 5.44. The number of fused-ring (bicyclic) bond motifs is 2. The second-order valence-corrected chi connectivity index (χ2v) is 10.3. The lowest BCUT2D eigenvalue weighted by molar-refractivity contribution is 0.0699. The maximum atomic E-state index is 12.9. The summed E-state index contributed by atoms with van der Waals surface area (Å²) in [6.07, 6.45) is 1.65. The van der Waals surface area contributed by atoms with E-state index >= 15 is 0 Å². The van der Waals surface area contributed by atoms with Crippen LogP contribution in [0.25, 0.3) is 33.3 Å². The normalized spacial score (nSPS) is 15.1. The first-order valence-electron chi connectivity index (χ1n) is 9.71. The van der Waals surface area contributed by atoms with E-state index < -0.39 is 16.0 Å². The summed E-state index contributed by atoms with van der Waals surface area (Å²) in [5.41, 5.74) is 1.38. The van der Waals surface area contributed by atoms with Crippen LogP contribution in [0, 0.1) is 0 Å². The maximum absolute atomic E-state index is 12.9. The molecule has 0 aliphatic carbocycles. The highest BCUT2D eigenvalue weighted by Crippen LogP contribution is 2.32. The molecular formula is C22H17BrN2O5S. The molecule has 0 amide bonds. The van der Waals surface area contributed by atoms with Crippen molar-refractivity contribution in [2.45, 2.75) is 17.7 Å². The van der Waals surface area contributed by atoms with Gasteiger partial charge in [0.15, 0.2) is 5.76 Å².